The van der Waals surface area contributed by atoms with E-state index in [0.717, 1.165) is 12.0 Å². The first-order valence-corrected chi connectivity index (χ1v) is 21.2. The molecule has 1 aliphatic rings. The van der Waals surface area contributed by atoms with Gasteiger partial charge in [-0.05, 0) is 53.6 Å². The van der Waals surface area contributed by atoms with Crippen molar-refractivity contribution in [3.63, 3.8) is 0 Å². The third-order valence-electron chi connectivity index (χ3n) is 6.83. The van der Waals surface area contributed by atoms with Crippen molar-refractivity contribution in [1.29, 1.82) is 0 Å². The molecule has 4 aromatic carbocycles. The molecule has 0 saturated heterocycles. The quantitative estimate of drug-likeness (QED) is 0.157. The first kappa shape index (κ1) is 29.7. The zero-order valence-electron chi connectivity index (χ0n) is 22.1. The molecule has 0 bridgehead atoms. The average Bonchev–Trinajstić information content (AvgIpc) is 3.23. The molecule has 0 saturated carbocycles. The normalized spacial score (nSPS) is 15.5. The topological polar surface area (TPSA) is 0 Å². The van der Waals surface area contributed by atoms with Crippen molar-refractivity contribution in [1.82, 2.24) is 0 Å². The van der Waals surface area contributed by atoms with Crippen molar-refractivity contribution < 1.29 is 20.8 Å². The fourth-order valence-corrected chi connectivity index (χ4v) is 6.34. The minimum absolute atomic E-state index is 0.0781. The van der Waals surface area contributed by atoms with E-state index < -0.39 is 29.6 Å². The number of halogens is 2. The molecule has 5 rings (SSSR count). The molecular formula is C33H34Cl2SiZr-. The maximum absolute atomic E-state index is 4.93. The molecule has 0 aliphatic heterocycles. The van der Waals surface area contributed by atoms with Crippen molar-refractivity contribution in [3.05, 3.63) is 155 Å². The van der Waals surface area contributed by atoms with Crippen LogP contribution in [0.2, 0.25) is 13.1 Å². The predicted molar refractivity (Wildman–Crippen MR) is 161 cm³/mol. The van der Waals surface area contributed by atoms with E-state index >= 15 is 0 Å². The summed E-state index contributed by atoms with van der Waals surface area (Å²) in [5, 5.41) is 1.58. The van der Waals surface area contributed by atoms with Gasteiger partial charge in [0, 0.05) is 5.41 Å². The van der Waals surface area contributed by atoms with E-state index in [4.69, 9.17) is 17.0 Å². The Hall–Kier alpha value is -1.83. The summed E-state index contributed by atoms with van der Waals surface area (Å²) < 4.78 is 0. The number of aryl methyl sites for hydroxylation is 2. The summed E-state index contributed by atoms with van der Waals surface area (Å²) >= 11 is -0.826. The Balaban J connectivity index is 0.000000321. The van der Waals surface area contributed by atoms with Crippen LogP contribution in [0.25, 0.3) is 5.20 Å². The summed E-state index contributed by atoms with van der Waals surface area (Å²) in [5.41, 5.74) is 9.57. The number of fused-ring (bicyclic) bond motifs is 1. The molecule has 0 N–H and O–H groups in total. The summed E-state index contributed by atoms with van der Waals surface area (Å²) in [6.45, 7) is 13.0. The minimum atomic E-state index is -0.826. The first-order valence-electron chi connectivity index (χ1n) is 12.4. The second-order valence-electron chi connectivity index (χ2n) is 9.55. The van der Waals surface area contributed by atoms with Gasteiger partial charge in [0.2, 0.25) is 0 Å². The standard InChI is InChI=1S/C26H27Si.C7H7.2ClH.Zr/c1-19-11-5-7-13-21(19)17-26(23-15-9-6-12-20(23)2)18-25(27(3)4)22-14-8-10-16-24(22)26;1-7-5-3-2-4-6-7;;;/h5-16,18H,17H2,1-4H3;2-6H,1H2;2*1H;/q;-1;;;+2/p-2. The number of benzene rings is 4. The molecule has 4 heteroatoms. The van der Waals surface area contributed by atoms with Crippen LogP contribution in [0.15, 0.2) is 109 Å². The van der Waals surface area contributed by atoms with Crippen LogP contribution in [0.4, 0.5) is 0 Å². The summed E-state index contributed by atoms with van der Waals surface area (Å²) in [4.78, 5) is 0. The van der Waals surface area contributed by atoms with Crippen LogP contribution in [0.3, 0.4) is 0 Å². The van der Waals surface area contributed by atoms with Gasteiger partial charge in [-0.2, -0.15) is 24.6 Å². The van der Waals surface area contributed by atoms with Gasteiger partial charge < -0.3 is 0 Å². The van der Waals surface area contributed by atoms with Crippen LogP contribution < -0.4 is 0 Å². The second-order valence-corrected chi connectivity index (χ2v) is 15.8. The third-order valence-corrected chi connectivity index (χ3v) is 8.32. The van der Waals surface area contributed by atoms with Gasteiger partial charge in [0.25, 0.3) is 0 Å². The van der Waals surface area contributed by atoms with Crippen LogP contribution >= 0.6 is 17.0 Å². The zero-order valence-corrected chi connectivity index (χ0v) is 27.0. The monoisotopic (exact) mass is 618 g/mol. The first-order chi connectivity index (χ1) is 17.8. The van der Waals surface area contributed by atoms with Gasteiger partial charge in [-0.25, -0.2) is 0 Å². The Morgan fingerprint density at radius 1 is 0.703 bits per heavy atom. The Labute approximate surface area is 244 Å². The van der Waals surface area contributed by atoms with E-state index in [9.17, 15) is 0 Å². The van der Waals surface area contributed by atoms with Gasteiger partial charge in [-0.1, -0.05) is 103 Å². The van der Waals surface area contributed by atoms with Gasteiger partial charge in [0.1, 0.15) is 0 Å². The van der Waals surface area contributed by atoms with Gasteiger partial charge in [-0.3, -0.25) is 0 Å². The van der Waals surface area contributed by atoms with Gasteiger partial charge in [-0.15, -0.1) is 12.1 Å². The zero-order chi connectivity index (χ0) is 26.8. The molecule has 1 aliphatic carbocycles. The molecule has 1 atom stereocenters. The van der Waals surface area contributed by atoms with Crippen LogP contribution in [0, 0.1) is 20.8 Å². The fourth-order valence-electron chi connectivity index (χ4n) is 5.05. The number of allylic oxidation sites excluding steroid dienone is 1. The Kier molecular flexibility index (Phi) is 11.5. The summed E-state index contributed by atoms with van der Waals surface area (Å²) in [6, 6.07) is 36.8. The Morgan fingerprint density at radius 2 is 1.22 bits per heavy atom. The van der Waals surface area contributed by atoms with Crippen LogP contribution in [0.5, 0.6) is 0 Å². The van der Waals surface area contributed by atoms with Crippen molar-refractivity contribution >= 4 is 31.0 Å². The van der Waals surface area contributed by atoms with Gasteiger partial charge >= 0.3 is 37.9 Å². The average molecular weight is 621 g/mol. The maximum atomic E-state index is 4.93. The van der Waals surface area contributed by atoms with Crippen LogP contribution in [-0.4, -0.2) is 8.80 Å². The van der Waals surface area contributed by atoms with Gasteiger partial charge in [0.05, 0.1) is 8.80 Å². The third kappa shape index (κ3) is 7.39. The molecule has 0 spiro atoms. The molecule has 1 radical (unpaired) electrons. The molecule has 1 unspecified atom stereocenters. The fraction of sp³-hybridized carbons (Fsp3) is 0.182. The van der Waals surface area contributed by atoms with Crippen molar-refractivity contribution in [2.45, 2.75) is 38.8 Å². The molecule has 37 heavy (non-hydrogen) atoms. The van der Waals surface area contributed by atoms with Crippen molar-refractivity contribution in [2.75, 3.05) is 0 Å². The van der Waals surface area contributed by atoms with Crippen molar-refractivity contribution in [2.24, 2.45) is 0 Å². The molecule has 0 fully saturated rings. The predicted octanol–water partition coefficient (Wildman–Crippen LogP) is 9.77. The Bertz CT molecular complexity index is 1320. The number of hydrogen-bond donors (Lipinski definition) is 0. The van der Waals surface area contributed by atoms with Crippen LogP contribution in [0.1, 0.15) is 38.9 Å². The Morgan fingerprint density at radius 3 is 1.76 bits per heavy atom. The molecule has 0 aromatic heterocycles. The van der Waals surface area contributed by atoms with E-state index in [1.165, 1.54) is 33.4 Å². The number of rotatable bonds is 4. The summed E-state index contributed by atoms with van der Waals surface area (Å²) in [6.07, 6.45) is 3.63. The molecule has 0 heterocycles. The van der Waals surface area contributed by atoms with Crippen LogP contribution in [-0.2, 0) is 32.7 Å². The van der Waals surface area contributed by atoms with E-state index in [-0.39, 0.29) is 5.41 Å². The van der Waals surface area contributed by atoms with Crippen molar-refractivity contribution in [3.8, 4) is 0 Å². The van der Waals surface area contributed by atoms with E-state index in [2.05, 4.69) is 113 Å². The molecule has 0 amide bonds. The SMILES string of the molecule is Cc1ccccc1CC1(c2ccccc2C)C=C([Si](C)C)c2ccccc21.[CH2-]c1ccccc1.[Cl][Zr][Cl]. The molecule has 0 nitrogen and oxygen atoms in total. The van der Waals surface area contributed by atoms with E-state index in [0.29, 0.717) is 0 Å². The molecule has 189 valence electrons. The van der Waals surface area contributed by atoms with E-state index in [1.807, 2.05) is 30.3 Å². The van der Waals surface area contributed by atoms with E-state index in [1.54, 1.807) is 5.20 Å². The number of hydrogen-bond acceptors (Lipinski definition) is 0. The van der Waals surface area contributed by atoms with Gasteiger partial charge in [0.15, 0.2) is 0 Å². The molecule has 4 aromatic rings. The second kappa shape index (κ2) is 14.4. The summed E-state index contributed by atoms with van der Waals surface area (Å²) in [7, 11) is 9.31. The summed E-state index contributed by atoms with van der Waals surface area (Å²) in [5.74, 6) is 0. The molecular weight excluding hydrogens is 587 g/mol.